The molecule has 3 rings (SSSR count). The summed E-state index contributed by atoms with van der Waals surface area (Å²) in [7, 11) is 0. The van der Waals surface area contributed by atoms with Gasteiger partial charge in [0.1, 0.15) is 0 Å². The standard InChI is InChI=1S/C19H13Cl3N2O3/c20-13-8-14(21)19(15(22)9-13)24-16(25)10-27-17(26)7-12-4-1-3-11-5-2-6-23-18(11)12/h1-6,8-9H,7,10H2,(H,24,25). The van der Waals surface area contributed by atoms with Gasteiger partial charge in [-0.2, -0.15) is 0 Å². The Morgan fingerprint density at radius 2 is 1.74 bits per heavy atom. The molecule has 0 fully saturated rings. The van der Waals surface area contributed by atoms with Gasteiger partial charge in [-0.25, -0.2) is 0 Å². The highest BCUT2D eigenvalue weighted by Gasteiger charge is 2.14. The number of pyridine rings is 1. The van der Waals surface area contributed by atoms with E-state index in [1.165, 1.54) is 12.1 Å². The second-order valence-corrected chi connectivity index (χ2v) is 6.87. The van der Waals surface area contributed by atoms with Crippen LogP contribution >= 0.6 is 34.8 Å². The Hall–Kier alpha value is -2.34. The molecule has 2 aromatic carbocycles. The van der Waals surface area contributed by atoms with Gasteiger partial charge in [-0.05, 0) is 23.8 Å². The molecule has 0 spiro atoms. The average molecular weight is 424 g/mol. The van der Waals surface area contributed by atoms with Crippen LogP contribution in [0.15, 0.2) is 48.7 Å². The van der Waals surface area contributed by atoms with Crippen LogP contribution in [-0.4, -0.2) is 23.5 Å². The summed E-state index contributed by atoms with van der Waals surface area (Å²) in [5, 5.41) is 4.15. The molecule has 1 amide bonds. The van der Waals surface area contributed by atoms with E-state index >= 15 is 0 Å². The third-order valence-electron chi connectivity index (χ3n) is 3.69. The first-order valence-electron chi connectivity index (χ1n) is 7.86. The fourth-order valence-corrected chi connectivity index (χ4v) is 3.41. The Labute approximate surface area is 170 Å². The number of esters is 1. The molecule has 0 aliphatic carbocycles. The van der Waals surface area contributed by atoms with Crippen LogP contribution in [0.25, 0.3) is 10.9 Å². The van der Waals surface area contributed by atoms with Crippen molar-refractivity contribution in [1.82, 2.24) is 4.98 Å². The number of rotatable bonds is 5. The van der Waals surface area contributed by atoms with Gasteiger partial charge in [-0.1, -0.05) is 59.1 Å². The number of carbonyl (C=O) groups is 2. The fourth-order valence-electron chi connectivity index (χ4n) is 2.50. The van der Waals surface area contributed by atoms with E-state index in [9.17, 15) is 9.59 Å². The van der Waals surface area contributed by atoms with Gasteiger partial charge in [0.05, 0.1) is 27.7 Å². The van der Waals surface area contributed by atoms with Crippen LogP contribution in [0.3, 0.4) is 0 Å². The van der Waals surface area contributed by atoms with Crippen LogP contribution in [0.4, 0.5) is 5.69 Å². The maximum atomic E-state index is 12.1. The van der Waals surface area contributed by atoms with Crippen LogP contribution in [0.1, 0.15) is 5.56 Å². The minimum absolute atomic E-state index is 0.00406. The molecule has 27 heavy (non-hydrogen) atoms. The van der Waals surface area contributed by atoms with Crippen molar-refractivity contribution in [2.75, 3.05) is 11.9 Å². The Bertz CT molecular complexity index is 996. The smallest absolute Gasteiger partial charge is 0.310 e. The minimum Gasteiger partial charge on any atom is -0.455 e. The molecule has 1 aromatic heterocycles. The lowest BCUT2D eigenvalue weighted by Gasteiger charge is -2.10. The molecule has 0 radical (unpaired) electrons. The summed E-state index contributed by atoms with van der Waals surface area (Å²) in [5.74, 6) is -1.11. The minimum atomic E-state index is -0.564. The van der Waals surface area contributed by atoms with E-state index in [1.54, 1.807) is 12.3 Å². The summed E-state index contributed by atoms with van der Waals surface area (Å²) in [4.78, 5) is 28.4. The predicted molar refractivity (Wildman–Crippen MR) is 107 cm³/mol. The normalized spacial score (nSPS) is 10.6. The van der Waals surface area contributed by atoms with Crippen LogP contribution in [0.2, 0.25) is 15.1 Å². The first kappa shape index (κ1) is 19.4. The van der Waals surface area contributed by atoms with E-state index < -0.39 is 18.5 Å². The molecule has 0 unspecified atom stereocenters. The summed E-state index contributed by atoms with van der Waals surface area (Å²) < 4.78 is 5.04. The molecule has 0 aliphatic heterocycles. The third-order valence-corrected chi connectivity index (χ3v) is 4.50. The molecule has 5 nitrogen and oxygen atoms in total. The number of para-hydroxylation sites is 1. The molecule has 138 valence electrons. The maximum Gasteiger partial charge on any atom is 0.310 e. The van der Waals surface area contributed by atoms with Crippen molar-refractivity contribution in [3.05, 3.63) is 69.3 Å². The maximum absolute atomic E-state index is 12.1. The van der Waals surface area contributed by atoms with Gasteiger partial charge in [0.25, 0.3) is 5.91 Å². The highest BCUT2D eigenvalue weighted by Crippen LogP contribution is 2.33. The predicted octanol–water partition coefficient (Wildman–Crippen LogP) is 4.92. The van der Waals surface area contributed by atoms with Gasteiger partial charge in [-0.15, -0.1) is 0 Å². The van der Waals surface area contributed by atoms with Crippen molar-refractivity contribution >= 4 is 63.3 Å². The molecule has 8 heteroatoms. The number of halogens is 3. The third kappa shape index (κ3) is 4.89. The average Bonchev–Trinajstić information content (AvgIpc) is 2.63. The number of hydrogen-bond donors (Lipinski definition) is 1. The van der Waals surface area contributed by atoms with Crippen molar-refractivity contribution < 1.29 is 14.3 Å². The van der Waals surface area contributed by atoms with Crippen LogP contribution in [0, 0.1) is 0 Å². The van der Waals surface area contributed by atoms with Crippen LogP contribution in [-0.2, 0) is 20.7 Å². The first-order chi connectivity index (χ1) is 12.9. The molecule has 1 N–H and O–H groups in total. The van der Waals surface area contributed by atoms with E-state index in [0.29, 0.717) is 5.02 Å². The fraction of sp³-hybridized carbons (Fsp3) is 0.105. The van der Waals surface area contributed by atoms with Crippen molar-refractivity contribution in [1.29, 1.82) is 0 Å². The number of aromatic nitrogens is 1. The Balaban J connectivity index is 1.60. The number of ether oxygens (including phenoxy) is 1. The summed E-state index contributed by atoms with van der Waals surface area (Å²) in [6.45, 7) is -0.466. The van der Waals surface area contributed by atoms with Crippen LogP contribution in [0.5, 0.6) is 0 Å². The Morgan fingerprint density at radius 1 is 1.04 bits per heavy atom. The summed E-state index contributed by atoms with van der Waals surface area (Å²) in [5.41, 5.74) is 1.66. The van der Waals surface area contributed by atoms with Gasteiger partial charge in [0.2, 0.25) is 0 Å². The number of fused-ring (bicyclic) bond motifs is 1. The topological polar surface area (TPSA) is 68.3 Å². The lowest BCUT2D eigenvalue weighted by Crippen LogP contribution is -2.22. The Kier molecular flexibility index (Phi) is 6.16. The largest absolute Gasteiger partial charge is 0.455 e. The summed E-state index contributed by atoms with van der Waals surface area (Å²) in [6, 6.07) is 12.2. The number of amides is 1. The van der Waals surface area contributed by atoms with Crippen molar-refractivity contribution in [3.63, 3.8) is 0 Å². The number of hydrogen-bond acceptors (Lipinski definition) is 4. The summed E-state index contributed by atoms with van der Waals surface area (Å²) >= 11 is 17.8. The molecular formula is C19H13Cl3N2O3. The van der Waals surface area contributed by atoms with Crippen molar-refractivity contribution in [2.24, 2.45) is 0 Å². The van der Waals surface area contributed by atoms with E-state index in [2.05, 4.69) is 10.3 Å². The molecular weight excluding hydrogens is 411 g/mol. The zero-order valence-corrected chi connectivity index (χ0v) is 16.1. The highest BCUT2D eigenvalue weighted by atomic mass is 35.5. The highest BCUT2D eigenvalue weighted by molar-refractivity contribution is 6.42. The molecule has 1 heterocycles. The SMILES string of the molecule is O=C(COC(=O)Cc1cccc2cccnc12)Nc1c(Cl)cc(Cl)cc1Cl. The van der Waals surface area contributed by atoms with Gasteiger partial charge in [0.15, 0.2) is 6.61 Å². The van der Waals surface area contributed by atoms with Gasteiger partial charge >= 0.3 is 5.97 Å². The number of nitrogens with zero attached hydrogens (tertiary/aromatic N) is 1. The van der Waals surface area contributed by atoms with Gasteiger partial charge in [-0.3, -0.25) is 14.6 Å². The molecule has 0 saturated heterocycles. The van der Waals surface area contributed by atoms with E-state index in [1.807, 2.05) is 24.3 Å². The first-order valence-corrected chi connectivity index (χ1v) is 9.00. The summed E-state index contributed by atoms with van der Waals surface area (Å²) in [6.07, 6.45) is 1.66. The Morgan fingerprint density at radius 3 is 2.48 bits per heavy atom. The quantitative estimate of drug-likeness (QED) is 0.591. The lowest BCUT2D eigenvalue weighted by molar-refractivity contribution is -0.146. The van der Waals surface area contributed by atoms with Crippen molar-refractivity contribution in [3.8, 4) is 0 Å². The molecule has 0 bridgehead atoms. The number of anilines is 1. The number of carbonyl (C=O) groups excluding carboxylic acids is 2. The zero-order chi connectivity index (χ0) is 19.4. The van der Waals surface area contributed by atoms with E-state index in [-0.39, 0.29) is 22.2 Å². The van der Waals surface area contributed by atoms with Crippen molar-refractivity contribution in [2.45, 2.75) is 6.42 Å². The zero-order valence-electron chi connectivity index (χ0n) is 13.8. The van der Waals surface area contributed by atoms with E-state index in [4.69, 9.17) is 39.5 Å². The van der Waals surface area contributed by atoms with Crippen LogP contribution < -0.4 is 5.32 Å². The molecule has 0 aliphatic rings. The van der Waals surface area contributed by atoms with Gasteiger partial charge in [0, 0.05) is 16.6 Å². The van der Waals surface area contributed by atoms with Gasteiger partial charge < -0.3 is 10.1 Å². The second-order valence-electron chi connectivity index (χ2n) is 5.62. The number of nitrogens with one attached hydrogen (secondary N) is 1. The molecule has 0 atom stereocenters. The molecule has 3 aromatic rings. The molecule has 0 saturated carbocycles. The number of benzene rings is 2. The second kappa shape index (κ2) is 8.57. The van der Waals surface area contributed by atoms with E-state index in [0.717, 1.165) is 16.5 Å². The monoisotopic (exact) mass is 422 g/mol. The lowest BCUT2D eigenvalue weighted by atomic mass is 10.1.